The fourth-order valence-corrected chi connectivity index (χ4v) is 4.52. The highest BCUT2D eigenvalue weighted by Crippen LogP contribution is 2.30. The number of aromatic nitrogens is 2. The van der Waals surface area contributed by atoms with Gasteiger partial charge in [-0.3, -0.25) is 0 Å². The van der Waals surface area contributed by atoms with Crippen molar-refractivity contribution in [2.24, 2.45) is 0 Å². The molecular formula is C18H17ClN2O4S. The molecule has 2 heterocycles. The maximum Gasteiger partial charge on any atom is 0.388 e. The van der Waals surface area contributed by atoms with Crippen LogP contribution in [0.5, 0.6) is 0 Å². The Bertz CT molecular complexity index is 1100. The van der Waals surface area contributed by atoms with Crippen molar-refractivity contribution in [1.82, 2.24) is 4.98 Å². The molecule has 0 amide bonds. The zero-order valence-electron chi connectivity index (χ0n) is 14.5. The first-order valence-corrected chi connectivity index (χ1v) is 9.99. The van der Waals surface area contributed by atoms with E-state index in [1.165, 1.54) is 32.2 Å². The number of benzene rings is 2. The van der Waals surface area contributed by atoms with Crippen LogP contribution in [0, 0.1) is 24.1 Å². The standard InChI is InChI=1S/C18H17N2S.ClHO4/c1-4-14-11(2)19-18-20(12(14)3)16-10-9-13-7-5-6-8-15(13)17(16)21-18;2-1(3,4)5/h5-10H,4H2,1-3H3;(H,2,3,4,5)/q+1;/p-1. The number of aryl methyl sites for hydroxylation is 2. The van der Waals surface area contributed by atoms with Gasteiger partial charge >= 0.3 is 4.96 Å². The molecule has 0 saturated heterocycles. The molecule has 0 aliphatic rings. The molecule has 4 rings (SSSR count). The van der Waals surface area contributed by atoms with Crippen LogP contribution in [0.2, 0.25) is 0 Å². The Morgan fingerprint density at radius 3 is 2.35 bits per heavy atom. The van der Waals surface area contributed by atoms with Crippen molar-refractivity contribution < 1.29 is 33.3 Å². The van der Waals surface area contributed by atoms with E-state index >= 15 is 0 Å². The van der Waals surface area contributed by atoms with Crippen molar-refractivity contribution in [1.29, 1.82) is 0 Å². The summed E-state index contributed by atoms with van der Waals surface area (Å²) in [5.41, 5.74) is 5.11. The Morgan fingerprint density at radius 2 is 1.69 bits per heavy atom. The third-order valence-electron chi connectivity index (χ3n) is 4.31. The lowest BCUT2D eigenvalue weighted by Gasteiger charge is -2.17. The van der Waals surface area contributed by atoms with Gasteiger partial charge in [0.05, 0.1) is 4.70 Å². The quantitative estimate of drug-likeness (QED) is 0.410. The third-order valence-corrected chi connectivity index (χ3v) is 5.40. The molecule has 4 aromatic rings. The van der Waals surface area contributed by atoms with Gasteiger partial charge in [-0.25, -0.2) is 18.6 Å². The summed E-state index contributed by atoms with van der Waals surface area (Å²) in [5, 5.41) is 2.61. The highest BCUT2D eigenvalue weighted by Gasteiger charge is 2.21. The molecule has 0 N–H and O–H groups in total. The molecule has 0 aliphatic carbocycles. The Morgan fingerprint density at radius 1 is 1.04 bits per heavy atom. The van der Waals surface area contributed by atoms with E-state index < -0.39 is 10.2 Å². The Kier molecular flexibility index (Phi) is 5.12. The predicted octanol–water partition coefficient (Wildman–Crippen LogP) is -0.389. The van der Waals surface area contributed by atoms with Gasteiger partial charge in [0, 0.05) is 17.9 Å². The second-order valence-corrected chi connectivity index (χ2v) is 7.58. The minimum Gasteiger partial charge on any atom is -0.222 e. The van der Waals surface area contributed by atoms with Crippen LogP contribution in [0.3, 0.4) is 0 Å². The number of nitrogens with zero attached hydrogens (tertiary/aromatic N) is 2. The lowest BCUT2D eigenvalue weighted by Crippen LogP contribution is -2.68. The number of rotatable bonds is 1. The van der Waals surface area contributed by atoms with Crippen LogP contribution in [0.1, 0.15) is 23.9 Å². The smallest absolute Gasteiger partial charge is 0.222 e. The molecule has 0 atom stereocenters. The summed E-state index contributed by atoms with van der Waals surface area (Å²) in [5.74, 6) is 0. The van der Waals surface area contributed by atoms with Crippen LogP contribution in [-0.4, -0.2) is 4.98 Å². The fourth-order valence-electron chi connectivity index (χ4n) is 3.27. The lowest BCUT2D eigenvalue weighted by molar-refractivity contribution is -2.00. The first-order valence-electron chi connectivity index (χ1n) is 7.94. The zero-order valence-corrected chi connectivity index (χ0v) is 16.1. The van der Waals surface area contributed by atoms with Gasteiger partial charge < -0.3 is 0 Å². The molecular weight excluding hydrogens is 376 g/mol. The molecule has 0 bridgehead atoms. The topological polar surface area (TPSA) is 109 Å². The molecule has 0 radical (unpaired) electrons. The molecule has 2 aromatic heterocycles. The molecule has 0 spiro atoms. The Hall–Kier alpha value is -1.87. The van der Waals surface area contributed by atoms with Gasteiger partial charge in [-0.05, 0) is 41.1 Å². The van der Waals surface area contributed by atoms with Gasteiger partial charge in [-0.1, -0.05) is 37.3 Å². The normalized spacial score (nSPS) is 11.8. The molecule has 0 saturated carbocycles. The molecule has 0 fully saturated rings. The molecule has 8 heteroatoms. The molecule has 0 aliphatic heterocycles. The van der Waals surface area contributed by atoms with Gasteiger partial charge in [0.25, 0.3) is 0 Å². The monoisotopic (exact) mass is 392 g/mol. The van der Waals surface area contributed by atoms with Crippen LogP contribution >= 0.6 is 11.3 Å². The summed E-state index contributed by atoms with van der Waals surface area (Å²) >= 11 is 1.79. The summed E-state index contributed by atoms with van der Waals surface area (Å²) in [4.78, 5) is 5.92. The van der Waals surface area contributed by atoms with E-state index in [9.17, 15) is 0 Å². The van der Waals surface area contributed by atoms with Crippen molar-refractivity contribution in [3.63, 3.8) is 0 Å². The number of hydrogen-bond acceptors (Lipinski definition) is 6. The first kappa shape index (κ1) is 18.9. The van der Waals surface area contributed by atoms with Gasteiger partial charge in [0.2, 0.25) is 0 Å². The van der Waals surface area contributed by atoms with E-state index in [2.05, 4.69) is 61.6 Å². The maximum absolute atomic E-state index is 8.49. The summed E-state index contributed by atoms with van der Waals surface area (Å²) in [7, 11) is -4.94. The van der Waals surface area contributed by atoms with Gasteiger partial charge in [0.15, 0.2) is 11.2 Å². The molecule has 6 nitrogen and oxygen atoms in total. The highest BCUT2D eigenvalue weighted by atomic mass is 35.7. The van der Waals surface area contributed by atoms with Crippen LogP contribution < -0.4 is 23.0 Å². The second-order valence-electron chi connectivity index (χ2n) is 5.85. The molecule has 26 heavy (non-hydrogen) atoms. The number of hydrogen-bond donors (Lipinski definition) is 0. The van der Waals surface area contributed by atoms with Crippen LogP contribution in [-0.2, 0) is 6.42 Å². The van der Waals surface area contributed by atoms with Gasteiger partial charge in [-0.2, -0.15) is 4.40 Å². The molecule has 0 unspecified atom stereocenters. The van der Waals surface area contributed by atoms with Crippen molar-refractivity contribution in [3.05, 3.63) is 53.3 Å². The average molecular weight is 393 g/mol. The number of halogens is 1. The summed E-state index contributed by atoms with van der Waals surface area (Å²) in [6.07, 6.45) is 1.03. The van der Waals surface area contributed by atoms with E-state index in [-0.39, 0.29) is 0 Å². The van der Waals surface area contributed by atoms with E-state index in [0.717, 1.165) is 17.1 Å². The second kappa shape index (κ2) is 7.03. The molecule has 2 aromatic carbocycles. The van der Waals surface area contributed by atoms with E-state index in [0.29, 0.717) is 0 Å². The predicted molar refractivity (Wildman–Crippen MR) is 89.1 cm³/mol. The van der Waals surface area contributed by atoms with Gasteiger partial charge in [0.1, 0.15) is 5.69 Å². The third kappa shape index (κ3) is 3.64. The first-order chi connectivity index (χ1) is 12.2. The largest absolute Gasteiger partial charge is 0.388 e. The van der Waals surface area contributed by atoms with Crippen molar-refractivity contribution in [2.75, 3.05) is 0 Å². The minimum atomic E-state index is -4.94. The maximum atomic E-state index is 8.49. The summed E-state index contributed by atoms with van der Waals surface area (Å²) in [6, 6.07) is 13.0. The molecule has 136 valence electrons. The SMILES string of the molecule is CCc1c(C)nc2sc3c4ccccc4ccc3[n+]2c1C.[O-][Cl+3]([O-])([O-])[O-]. The Labute approximate surface area is 156 Å². The van der Waals surface area contributed by atoms with E-state index in [1.807, 2.05) is 0 Å². The van der Waals surface area contributed by atoms with Crippen LogP contribution in [0.25, 0.3) is 25.9 Å². The zero-order chi connectivity index (χ0) is 19.1. The van der Waals surface area contributed by atoms with Crippen molar-refractivity contribution >= 4 is 37.3 Å². The number of fused-ring (bicyclic) bond motifs is 5. The van der Waals surface area contributed by atoms with Crippen molar-refractivity contribution in [3.8, 4) is 0 Å². The lowest BCUT2D eigenvalue weighted by atomic mass is 10.1. The summed E-state index contributed by atoms with van der Waals surface area (Å²) in [6.45, 7) is 6.53. The minimum absolute atomic E-state index is 1.03. The number of thiazole rings is 1. The Balaban J connectivity index is 0.000000349. The highest BCUT2D eigenvalue weighted by molar-refractivity contribution is 7.23. The average Bonchev–Trinajstić information content (AvgIpc) is 2.92. The van der Waals surface area contributed by atoms with E-state index in [4.69, 9.17) is 23.6 Å². The van der Waals surface area contributed by atoms with Crippen LogP contribution in [0.4, 0.5) is 0 Å². The van der Waals surface area contributed by atoms with Crippen molar-refractivity contribution in [2.45, 2.75) is 27.2 Å². The summed E-state index contributed by atoms with van der Waals surface area (Å²) < 4.78 is 37.6. The van der Waals surface area contributed by atoms with E-state index in [1.54, 1.807) is 11.3 Å². The fraction of sp³-hybridized carbons (Fsp3) is 0.222. The van der Waals surface area contributed by atoms with Crippen LogP contribution in [0.15, 0.2) is 36.4 Å². The van der Waals surface area contributed by atoms with Gasteiger partial charge in [-0.15, -0.1) is 10.2 Å².